The van der Waals surface area contributed by atoms with Gasteiger partial charge in [0.15, 0.2) is 6.26 Å². The molecule has 1 heterocycles. The molecule has 3 aromatic rings. The van der Waals surface area contributed by atoms with Crippen molar-refractivity contribution in [1.29, 1.82) is 0 Å². The minimum atomic E-state index is -0.887. The standard InChI is InChI=1S/C20H19NO3/c1-3-24-20(23)19-17(13-22)16-6-4-5-7-18(16)21(19)12-15-10-8-14(2)9-11-15/h4-11,13H,3,12H2,1-2H3/i13D. The number of carbonyl (C=O) groups is 2. The zero-order valence-corrected chi connectivity index (χ0v) is 13.7. The molecule has 0 aliphatic rings. The number of rotatable bonds is 5. The summed E-state index contributed by atoms with van der Waals surface area (Å²) in [5, 5.41) is 0.595. The van der Waals surface area contributed by atoms with Gasteiger partial charge in [0.2, 0.25) is 0 Å². The molecule has 0 bridgehead atoms. The van der Waals surface area contributed by atoms with Crippen LogP contribution in [0.1, 0.15) is 40.3 Å². The second-order valence-corrected chi connectivity index (χ2v) is 5.64. The number of hydrogen-bond donors (Lipinski definition) is 0. The van der Waals surface area contributed by atoms with Crippen LogP contribution in [0.15, 0.2) is 48.5 Å². The molecular formula is C20H19NO3. The number of benzene rings is 2. The lowest BCUT2D eigenvalue weighted by Crippen LogP contribution is -2.14. The number of aromatic nitrogens is 1. The molecule has 0 unspecified atom stereocenters. The molecule has 0 radical (unpaired) electrons. The zero-order chi connectivity index (χ0) is 18.0. The van der Waals surface area contributed by atoms with Crippen LogP contribution in [-0.4, -0.2) is 23.4 Å². The Morgan fingerprint density at radius 2 is 1.92 bits per heavy atom. The van der Waals surface area contributed by atoms with Crippen LogP contribution >= 0.6 is 0 Å². The summed E-state index contributed by atoms with van der Waals surface area (Å²) in [6.07, 6.45) is -0.887. The summed E-state index contributed by atoms with van der Waals surface area (Å²) in [7, 11) is 0. The first kappa shape index (κ1) is 14.7. The second kappa shape index (κ2) is 6.71. The van der Waals surface area contributed by atoms with E-state index >= 15 is 0 Å². The molecule has 0 saturated carbocycles. The summed E-state index contributed by atoms with van der Waals surface area (Å²) in [5.74, 6) is -0.582. The Morgan fingerprint density at radius 3 is 2.58 bits per heavy atom. The third kappa shape index (κ3) is 2.83. The Kier molecular flexibility index (Phi) is 4.11. The molecule has 0 atom stereocenters. The van der Waals surface area contributed by atoms with Gasteiger partial charge in [0.1, 0.15) is 7.06 Å². The highest BCUT2D eigenvalue weighted by Crippen LogP contribution is 2.27. The molecule has 24 heavy (non-hydrogen) atoms. The van der Waals surface area contributed by atoms with Crippen molar-refractivity contribution in [2.45, 2.75) is 20.4 Å². The number of hydrogen-bond acceptors (Lipinski definition) is 3. The Labute approximate surface area is 142 Å². The number of esters is 1. The minimum Gasteiger partial charge on any atom is -0.461 e. The molecule has 0 fully saturated rings. The van der Waals surface area contributed by atoms with Crippen LogP contribution in [0.3, 0.4) is 0 Å². The number of aldehydes is 1. The maximum atomic E-state index is 12.5. The fraction of sp³-hybridized carbons (Fsp3) is 0.200. The van der Waals surface area contributed by atoms with E-state index in [1.807, 2.05) is 43.3 Å². The van der Waals surface area contributed by atoms with Crippen LogP contribution in [0.25, 0.3) is 10.9 Å². The van der Waals surface area contributed by atoms with Gasteiger partial charge in [0.25, 0.3) is 0 Å². The molecule has 4 heteroatoms. The summed E-state index contributed by atoms with van der Waals surface area (Å²) < 4.78 is 14.5. The van der Waals surface area contributed by atoms with E-state index < -0.39 is 12.2 Å². The summed E-state index contributed by atoms with van der Waals surface area (Å²) in [5.41, 5.74) is 3.13. The fourth-order valence-electron chi connectivity index (χ4n) is 2.86. The maximum Gasteiger partial charge on any atom is 0.355 e. The highest BCUT2D eigenvalue weighted by atomic mass is 16.5. The smallest absolute Gasteiger partial charge is 0.355 e. The topological polar surface area (TPSA) is 48.3 Å². The number of carbonyl (C=O) groups excluding carboxylic acids is 2. The van der Waals surface area contributed by atoms with Gasteiger partial charge >= 0.3 is 5.97 Å². The van der Waals surface area contributed by atoms with Crippen LogP contribution in [0.5, 0.6) is 0 Å². The number of aryl methyl sites for hydroxylation is 1. The highest BCUT2D eigenvalue weighted by molar-refractivity contribution is 6.08. The van der Waals surface area contributed by atoms with E-state index in [9.17, 15) is 9.59 Å². The largest absolute Gasteiger partial charge is 0.461 e. The number of fused-ring (bicyclic) bond motifs is 1. The lowest BCUT2D eigenvalue weighted by atomic mass is 10.1. The average Bonchev–Trinajstić information content (AvgIpc) is 2.92. The first-order chi connectivity index (χ1) is 12.0. The summed E-state index contributed by atoms with van der Waals surface area (Å²) in [4.78, 5) is 24.5. The SMILES string of the molecule is [2H]C(=O)c1c(C(=O)OCC)n(Cc2ccc(C)cc2)c2ccccc12. The minimum absolute atomic E-state index is 0.0983. The third-order valence-electron chi connectivity index (χ3n) is 4.00. The Bertz CT molecular complexity index is 941. The van der Waals surface area contributed by atoms with Crippen molar-refractivity contribution in [1.82, 2.24) is 4.57 Å². The molecule has 1 aromatic heterocycles. The van der Waals surface area contributed by atoms with Gasteiger partial charge in [0.05, 0.1) is 12.2 Å². The van der Waals surface area contributed by atoms with E-state index in [0.717, 1.165) is 16.6 Å². The molecule has 0 saturated heterocycles. The van der Waals surface area contributed by atoms with Crippen molar-refractivity contribution in [3.63, 3.8) is 0 Å². The fourth-order valence-corrected chi connectivity index (χ4v) is 2.86. The molecule has 0 aliphatic heterocycles. The second-order valence-electron chi connectivity index (χ2n) is 5.64. The van der Waals surface area contributed by atoms with Gasteiger partial charge in [-0.2, -0.15) is 0 Å². The van der Waals surface area contributed by atoms with Crippen molar-refractivity contribution in [2.24, 2.45) is 0 Å². The zero-order valence-electron chi connectivity index (χ0n) is 14.7. The van der Waals surface area contributed by atoms with Gasteiger partial charge in [-0.05, 0) is 25.5 Å². The van der Waals surface area contributed by atoms with Crippen LogP contribution in [-0.2, 0) is 11.3 Å². The van der Waals surface area contributed by atoms with Crippen molar-refractivity contribution >= 4 is 23.1 Å². The predicted octanol–water partition coefficient (Wildman–Crippen LogP) is 3.99. The molecule has 4 nitrogen and oxygen atoms in total. The van der Waals surface area contributed by atoms with Gasteiger partial charge in [-0.3, -0.25) is 4.79 Å². The van der Waals surface area contributed by atoms with Crippen LogP contribution in [0, 0.1) is 6.92 Å². The number of nitrogens with zero attached hydrogens (tertiary/aromatic N) is 1. The Hall–Kier alpha value is -2.88. The van der Waals surface area contributed by atoms with Crippen molar-refractivity contribution in [3.8, 4) is 0 Å². The number of para-hydroxylation sites is 1. The van der Waals surface area contributed by atoms with Crippen LogP contribution in [0.4, 0.5) is 0 Å². The van der Waals surface area contributed by atoms with Gasteiger partial charge in [0, 0.05) is 17.4 Å². The quantitative estimate of drug-likeness (QED) is 0.527. The molecule has 0 N–H and O–H groups in total. The van der Waals surface area contributed by atoms with Crippen LogP contribution in [0.2, 0.25) is 0 Å². The molecule has 0 spiro atoms. The summed E-state index contributed by atoms with van der Waals surface area (Å²) in [6, 6.07) is 15.2. The number of ether oxygens (including phenoxy) is 1. The van der Waals surface area contributed by atoms with E-state index in [1.165, 1.54) is 0 Å². The lowest BCUT2D eigenvalue weighted by molar-refractivity contribution is 0.0513. The first-order valence-electron chi connectivity index (χ1n) is 8.37. The molecule has 122 valence electrons. The van der Waals surface area contributed by atoms with E-state index in [2.05, 4.69) is 0 Å². The normalized spacial score (nSPS) is 11.3. The Balaban J connectivity index is 2.24. The Morgan fingerprint density at radius 1 is 1.21 bits per heavy atom. The first-order valence-corrected chi connectivity index (χ1v) is 7.87. The highest BCUT2D eigenvalue weighted by Gasteiger charge is 2.23. The van der Waals surface area contributed by atoms with Gasteiger partial charge in [-0.25, -0.2) is 4.79 Å². The summed E-state index contributed by atoms with van der Waals surface area (Å²) in [6.45, 7) is 4.35. The van der Waals surface area contributed by atoms with E-state index in [0.29, 0.717) is 11.9 Å². The van der Waals surface area contributed by atoms with Crippen molar-refractivity contribution < 1.29 is 15.7 Å². The van der Waals surface area contributed by atoms with Gasteiger partial charge in [-0.15, -0.1) is 0 Å². The molecule has 3 rings (SSSR count). The predicted molar refractivity (Wildman–Crippen MR) is 93.6 cm³/mol. The molecular weight excluding hydrogens is 302 g/mol. The van der Waals surface area contributed by atoms with Gasteiger partial charge < -0.3 is 9.30 Å². The molecule has 0 amide bonds. The van der Waals surface area contributed by atoms with Crippen molar-refractivity contribution in [3.05, 3.63) is 70.9 Å². The lowest BCUT2D eigenvalue weighted by Gasteiger charge is -2.11. The van der Waals surface area contributed by atoms with E-state index in [4.69, 9.17) is 6.11 Å². The van der Waals surface area contributed by atoms with E-state index in [-0.39, 0.29) is 17.9 Å². The average molecular weight is 322 g/mol. The van der Waals surface area contributed by atoms with Crippen molar-refractivity contribution in [2.75, 3.05) is 6.61 Å². The maximum absolute atomic E-state index is 12.5. The van der Waals surface area contributed by atoms with Crippen LogP contribution < -0.4 is 0 Å². The van der Waals surface area contributed by atoms with E-state index in [1.54, 1.807) is 23.6 Å². The summed E-state index contributed by atoms with van der Waals surface area (Å²) >= 11 is 0. The molecule has 2 aromatic carbocycles. The monoisotopic (exact) mass is 322 g/mol. The third-order valence-corrected chi connectivity index (χ3v) is 4.00. The van der Waals surface area contributed by atoms with Gasteiger partial charge in [-0.1, -0.05) is 48.0 Å². The molecule has 0 aliphatic carbocycles.